The van der Waals surface area contributed by atoms with Crippen molar-refractivity contribution in [3.63, 3.8) is 0 Å². The first kappa shape index (κ1) is 12.5. The number of imidazole rings is 1. The maximum absolute atomic E-state index is 5.28. The Bertz CT molecular complexity index is 454. The summed E-state index contributed by atoms with van der Waals surface area (Å²) in [4.78, 5) is 7.32. The van der Waals surface area contributed by atoms with E-state index in [1.807, 2.05) is 30.5 Å². The average Bonchev–Trinajstić information content (AvgIpc) is 2.92. The first-order valence-corrected chi connectivity index (χ1v) is 6.25. The summed E-state index contributed by atoms with van der Waals surface area (Å²) in [6, 6.07) is 7.98. The zero-order valence-corrected chi connectivity index (χ0v) is 10.6. The van der Waals surface area contributed by atoms with Gasteiger partial charge in [-0.05, 0) is 25.0 Å². The van der Waals surface area contributed by atoms with Crippen LogP contribution < -0.4 is 10.1 Å². The topological polar surface area (TPSA) is 49.9 Å². The predicted octanol–water partition coefficient (Wildman–Crippen LogP) is 2.85. The van der Waals surface area contributed by atoms with Gasteiger partial charge in [-0.1, -0.05) is 12.1 Å². The molecule has 2 rings (SSSR count). The fourth-order valence-corrected chi connectivity index (χ4v) is 1.87. The molecule has 2 N–H and O–H groups in total. The number of aryl methyl sites for hydroxylation is 1. The standard InChI is InChI=1S/C14H19N3O/c1-18-13-7-3-2-6-12(13)15-9-5-4-8-14-16-10-11-17-14/h2-3,6-7,10-11,15H,4-5,8-9H2,1H3,(H,16,17). The normalized spacial score (nSPS) is 10.3. The highest BCUT2D eigenvalue weighted by Gasteiger charge is 2.00. The molecule has 0 radical (unpaired) electrons. The van der Waals surface area contributed by atoms with Crippen molar-refractivity contribution in [3.8, 4) is 5.75 Å². The number of hydrogen-bond acceptors (Lipinski definition) is 3. The summed E-state index contributed by atoms with van der Waals surface area (Å²) in [6.45, 7) is 0.946. The summed E-state index contributed by atoms with van der Waals surface area (Å²) in [5.74, 6) is 1.95. The van der Waals surface area contributed by atoms with Crippen LogP contribution in [0.25, 0.3) is 0 Å². The number of anilines is 1. The molecule has 0 unspecified atom stereocenters. The first-order chi connectivity index (χ1) is 8.90. The molecule has 4 nitrogen and oxygen atoms in total. The zero-order valence-electron chi connectivity index (χ0n) is 10.6. The Morgan fingerprint density at radius 2 is 2.17 bits per heavy atom. The van der Waals surface area contributed by atoms with E-state index in [-0.39, 0.29) is 0 Å². The molecule has 0 aliphatic heterocycles. The number of H-pyrrole nitrogens is 1. The maximum atomic E-state index is 5.28. The molecular weight excluding hydrogens is 226 g/mol. The third-order valence-electron chi connectivity index (χ3n) is 2.82. The number of hydrogen-bond donors (Lipinski definition) is 2. The van der Waals surface area contributed by atoms with E-state index in [1.165, 1.54) is 0 Å². The summed E-state index contributed by atoms with van der Waals surface area (Å²) in [7, 11) is 1.69. The van der Waals surface area contributed by atoms with Crippen LogP contribution in [0.3, 0.4) is 0 Å². The van der Waals surface area contributed by atoms with Gasteiger partial charge in [-0.15, -0.1) is 0 Å². The first-order valence-electron chi connectivity index (χ1n) is 6.25. The summed E-state index contributed by atoms with van der Waals surface area (Å²) in [5.41, 5.74) is 1.05. The molecule has 1 heterocycles. The van der Waals surface area contributed by atoms with Crippen LogP contribution in [0.4, 0.5) is 5.69 Å². The highest BCUT2D eigenvalue weighted by molar-refractivity contribution is 5.55. The summed E-state index contributed by atoms with van der Waals surface area (Å²) in [6.07, 6.45) is 6.89. The Kier molecular flexibility index (Phi) is 4.64. The smallest absolute Gasteiger partial charge is 0.141 e. The maximum Gasteiger partial charge on any atom is 0.141 e. The van der Waals surface area contributed by atoms with E-state index in [0.29, 0.717) is 0 Å². The fraction of sp³-hybridized carbons (Fsp3) is 0.357. The number of para-hydroxylation sites is 2. The third kappa shape index (κ3) is 3.52. The highest BCUT2D eigenvalue weighted by atomic mass is 16.5. The molecule has 18 heavy (non-hydrogen) atoms. The van der Waals surface area contributed by atoms with E-state index in [1.54, 1.807) is 13.3 Å². The molecule has 0 atom stereocenters. The third-order valence-corrected chi connectivity index (χ3v) is 2.82. The minimum Gasteiger partial charge on any atom is -0.495 e. The van der Waals surface area contributed by atoms with Gasteiger partial charge in [-0.2, -0.15) is 0 Å². The van der Waals surface area contributed by atoms with Crippen molar-refractivity contribution in [2.75, 3.05) is 19.0 Å². The molecule has 0 saturated heterocycles. The summed E-state index contributed by atoms with van der Waals surface area (Å²) in [5, 5.41) is 3.39. The molecule has 4 heteroatoms. The van der Waals surface area contributed by atoms with Gasteiger partial charge in [-0.25, -0.2) is 4.98 Å². The van der Waals surface area contributed by atoms with Gasteiger partial charge in [0, 0.05) is 25.4 Å². The molecule has 1 aromatic carbocycles. The monoisotopic (exact) mass is 245 g/mol. The number of benzene rings is 1. The number of ether oxygens (including phenoxy) is 1. The number of rotatable bonds is 7. The van der Waals surface area contributed by atoms with Gasteiger partial charge in [0.1, 0.15) is 11.6 Å². The molecule has 0 aliphatic rings. The number of unbranched alkanes of at least 4 members (excludes halogenated alkanes) is 1. The van der Waals surface area contributed by atoms with Gasteiger partial charge >= 0.3 is 0 Å². The number of methoxy groups -OCH3 is 1. The van der Waals surface area contributed by atoms with Crippen LogP contribution in [0.15, 0.2) is 36.7 Å². The van der Waals surface area contributed by atoms with Crippen molar-refractivity contribution in [1.82, 2.24) is 9.97 Å². The lowest BCUT2D eigenvalue weighted by Gasteiger charge is -2.10. The van der Waals surface area contributed by atoms with Crippen LogP contribution in [0, 0.1) is 0 Å². The molecular formula is C14H19N3O. The Morgan fingerprint density at radius 3 is 2.94 bits per heavy atom. The van der Waals surface area contributed by atoms with E-state index in [4.69, 9.17) is 4.74 Å². The van der Waals surface area contributed by atoms with Crippen LogP contribution in [-0.2, 0) is 6.42 Å². The molecule has 96 valence electrons. The van der Waals surface area contributed by atoms with Crippen LogP contribution in [0.5, 0.6) is 5.75 Å². The van der Waals surface area contributed by atoms with Crippen molar-refractivity contribution in [2.24, 2.45) is 0 Å². The van der Waals surface area contributed by atoms with E-state index >= 15 is 0 Å². The number of nitrogens with one attached hydrogen (secondary N) is 2. The SMILES string of the molecule is COc1ccccc1NCCCCc1ncc[nH]1. The van der Waals surface area contributed by atoms with Crippen molar-refractivity contribution >= 4 is 5.69 Å². The van der Waals surface area contributed by atoms with E-state index < -0.39 is 0 Å². The molecule has 0 amide bonds. The van der Waals surface area contributed by atoms with Gasteiger partial charge in [-0.3, -0.25) is 0 Å². The second-order valence-corrected chi connectivity index (χ2v) is 4.12. The average molecular weight is 245 g/mol. The van der Waals surface area contributed by atoms with Gasteiger partial charge in [0.2, 0.25) is 0 Å². The quantitative estimate of drug-likeness (QED) is 0.737. The molecule has 0 spiro atoms. The summed E-state index contributed by atoms with van der Waals surface area (Å²) < 4.78 is 5.28. The summed E-state index contributed by atoms with van der Waals surface area (Å²) >= 11 is 0. The Morgan fingerprint density at radius 1 is 1.28 bits per heavy atom. The largest absolute Gasteiger partial charge is 0.495 e. The Labute approximate surface area is 107 Å². The van der Waals surface area contributed by atoms with Gasteiger partial charge in [0.15, 0.2) is 0 Å². The number of nitrogens with zero attached hydrogens (tertiary/aromatic N) is 1. The minimum absolute atomic E-state index is 0.892. The van der Waals surface area contributed by atoms with Gasteiger partial charge in [0.05, 0.1) is 12.8 Å². The van der Waals surface area contributed by atoms with E-state index in [9.17, 15) is 0 Å². The predicted molar refractivity (Wildman–Crippen MR) is 73.0 cm³/mol. The Hall–Kier alpha value is -1.97. The van der Waals surface area contributed by atoms with Crippen LogP contribution in [0.2, 0.25) is 0 Å². The van der Waals surface area contributed by atoms with E-state index in [0.717, 1.165) is 43.1 Å². The number of aromatic amines is 1. The lowest BCUT2D eigenvalue weighted by atomic mass is 10.2. The second-order valence-electron chi connectivity index (χ2n) is 4.12. The van der Waals surface area contributed by atoms with Crippen molar-refractivity contribution in [1.29, 1.82) is 0 Å². The fourth-order valence-electron chi connectivity index (χ4n) is 1.87. The molecule has 0 aliphatic carbocycles. The molecule has 2 aromatic rings. The van der Waals surface area contributed by atoms with Crippen LogP contribution in [0.1, 0.15) is 18.7 Å². The Balaban J connectivity index is 1.69. The van der Waals surface area contributed by atoms with Crippen molar-refractivity contribution in [2.45, 2.75) is 19.3 Å². The van der Waals surface area contributed by atoms with Crippen molar-refractivity contribution < 1.29 is 4.74 Å². The molecule has 0 fully saturated rings. The molecule has 0 bridgehead atoms. The van der Waals surface area contributed by atoms with Crippen LogP contribution >= 0.6 is 0 Å². The van der Waals surface area contributed by atoms with E-state index in [2.05, 4.69) is 15.3 Å². The minimum atomic E-state index is 0.892. The van der Waals surface area contributed by atoms with Gasteiger partial charge in [0.25, 0.3) is 0 Å². The van der Waals surface area contributed by atoms with Gasteiger partial charge < -0.3 is 15.0 Å². The highest BCUT2D eigenvalue weighted by Crippen LogP contribution is 2.22. The molecule has 0 saturated carbocycles. The molecule has 1 aromatic heterocycles. The zero-order chi connectivity index (χ0) is 12.6. The lowest BCUT2D eigenvalue weighted by Crippen LogP contribution is -2.03. The van der Waals surface area contributed by atoms with Crippen LogP contribution in [-0.4, -0.2) is 23.6 Å². The second kappa shape index (κ2) is 6.69. The number of aromatic nitrogens is 2. The lowest BCUT2D eigenvalue weighted by molar-refractivity contribution is 0.416. The van der Waals surface area contributed by atoms with Crippen molar-refractivity contribution in [3.05, 3.63) is 42.5 Å².